The van der Waals surface area contributed by atoms with Gasteiger partial charge in [-0.15, -0.1) is 0 Å². The molecule has 1 atom stereocenters. The molecule has 1 amide bonds. The highest BCUT2D eigenvalue weighted by Crippen LogP contribution is 2.43. The number of methoxy groups -OCH3 is 2. The van der Waals surface area contributed by atoms with Crippen molar-refractivity contribution in [1.82, 2.24) is 4.90 Å². The van der Waals surface area contributed by atoms with Crippen molar-refractivity contribution in [2.75, 3.05) is 32.2 Å². The number of carbonyl (C=O) groups is 3. The van der Waals surface area contributed by atoms with Gasteiger partial charge in [0, 0.05) is 32.0 Å². The average Bonchev–Trinajstić information content (AvgIpc) is 3.00. The third-order valence-electron chi connectivity index (χ3n) is 7.17. The molecule has 44 heavy (non-hydrogen) atoms. The number of rotatable bonds is 6. The molecule has 0 aromatic heterocycles. The van der Waals surface area contributed by atoms with Gasteiger partial charge in [0.15, 0.2) is 11.6 Å². The Balaban J connectivity index is 1.67. The molecule has 0 radical (unpaired) electrons. The van der Waals surface area contributed by atoms with E-state index in [0.29, 0.717) is 31.5 Å². The number of ether oxygens (including phenoxy) is 4. The number of halogens is 1. The number of carbonyl (C=O) groups excluding carboxylic acids is 3. The summed E-state index contributed by atoms with van der Waals surface area (Å²) in [5.74, 6) is -3.87. The number of anilines is 1. The lowest BCUT2D eigenvalue weighted by Gasteiger charge is -2.36. The van der Waals surface area contributed by atoms with Crippen LogP contribution in [0.15, 0.2) is 71.2 Å². The lowest BCUT2D eigenvalue weighted by Crippen LogP contribution is -2.44. The normalized spacial score (nSPS) is 17.6. The van der Waals surface area contributed by atoms with Crippen LogP contribution in [0.5, 0.6) is 5.75 Å². The van der Waals surface area contributed by atoms with Gasteiger partial charge >= 0.3 is 18.0 Å². The zero-order valence-electron chi connectivity index (χ0n) is 25.3. The Bertz CT molecular complexity index is 1530. The molecule has 232 valence electrons. The van der Waals surface area contributed by atoms with Gasteiger partial charge in [-0.05, 0) is 38.5 Å². The first-order valence-corrected chi connectivity index (χ1v) is 14.0. The van der Waals surface area contributed by atoms with E-state index in [4.69, 9.17) is 24.7 Å². The maximum atomic E-state index is 15.5. The van der Waals surface area contributed by atoms with Gasteiger partial charge in [-0.1, -0.05) is 30.3 Å². The summed E-state index contributed by atoms with van der Waals surface area (Å²) < 4.78 is 36.9. The highest BCUT2D eigenvalue weighted by Gasteiger charge is 2.43. The molecule has 2 N–H and O–H groups in total. The molecule has 1 fully saturated rings. The summed E-state index contributed by atoms with van der Waals surface area (Å²) in [6.07, 6.45) is 0.159. The maximum Gasteiger partial charge on any atom is 0.410 e. The predicted molar refractivity (Wildman–Crippen MR) is 157 cm³/mol. The van der Waals surface area contributed by atoms with Crippen molar-refractivity contribution in [3.63, 3.8) is 0 Å². The van der Waals surface area contributed by atoms with Crippen LogP contribution >= 0.6 is 0 Å². The summed E-state index contributed by atoms with van der Waals surface area (Å²) >= 11 is 0. The number of hydrogen-bond donors (Lipinski definition) is 1. The van der Waals surface area contributed by atoms with Gasteiger partial charge in [0.25, 0.3) is 0 Å². The number of nitriles is 1. The Kier molecular flexibility index (Phi) is 9.47. The molecule has 11 nitrogen and oxygen atoms in total. The summed E-state index contributed by atoms with van der Waals surface area (Å²) in [6, 6.07) is 14.5. The van der Waals surface area contributed by atoms with Crippen LogP contribution < -0.4 is 15.4 Å². The second-order valence-corrected chi connectivity index (χ2v) is 11.2. The van der Waals surface area contributed by atoms with E-state index in [0.717, 1.165) is 25.2 Å². The summed E-state index contributed by atoms with van der Waals surface area (Å²) in [7, 11) is 2.28. The molecule has 0 spiro atoms. The Morgan fingerprint density at radius 3 is 2.18 bits per heavy atom. The molecule has 12 heteroatoms. The predicted octanol–water partition coefficient (Wildman–Crippen LogP) is 4.50. The van der Waals surface area contributed by atoms with E-state index in [-0.39, 0.29) is 40.2 Å². The van der Waals surface area contributed by atoms with Gasteiger partial charge in [-0.3, -0.25) is 4.90 Å². The van der Waals surface area contributed by atoms with Crippen LogP contribution in [-0.2, 0) is 23.8 Å². The van der Waals surface area contributed by atoms with Crippen LogP contribution in [0.4, 0.5) is 14.9 Å². The Hall–Kier alpha value is -5.05. The number of benzene rings is 2. The van der Waals surface area contributed by atoms with Crippen molar-refractivity contribution in [2.24, 2.45) is 5.73 Å². The Labute approximate surface area is 255 Å². The molecule has 2 aromatic carbocycles. The second-order valence-electron chi connectivity index (χ2n) is 11.2. The van der Waals surface area contributed by atoms with Crippen molar-refractivity contribution in [3.05, 3.63) is 82.6 Å². The van der Waals surface area contributed by atoms with E-state index in [1.807, 2.05) is 0 Å². The quantitative estimate of drug-likeness (QED) is 0.369. The standard InChI is InChI=1S/C32H35FN4O7/c1-32(2,3)44-31(40)36-15-13-21(14-16-36)43-24-12-11-20(17-23(24)33)37-27(30(39)42-5)26(29(38)41-4)25(22(18-34)28(37)35)19-9-7-6-8-10-19/h6-12,17,21,25H,13-16,35H2,1-5H3. The number of allylic oxidation sites excluding steroid dienone is 1. The third kappa shape index (κ3) is 6.62. The van der Waals surface area contributed by atoms with Crippen molar-refractivity contribution in [3.8, 4) is 11.8 Å². The van der Waals surface area contributed by atoms with Crippen LogP contribution in [0, 0.1) is 17.1 Å². The minimum atomic E-state index is -1.04. The Morgan fingerprint density at radius 2 is 1.64 bits per heavy atom. The summed E-state index contributed by atoms with van der Waals surface area (Å²) in [5.41, 5.74) is 5.90. The second kappa shape index (κ2) is 13.1. The molecular formula is C32H35FN4O7. The number of likely N-dealkylation sites (tertiary alicyclic amines) is 1. The van der Waals surface area contributed by atoms with Crippen LogP contribution in [0.3, 0.4) is 0 Å². The maximum absolute atomic E-state index is 15.5. The molecule has 0 aliphatic carbocycles. The van der Waals surface area contributed by atoms with Gasteiger partial charge in [-0.2, -0.15) is 5.26 Å². The van der Waals surface area contributed by atoms with E-state index in [1.165, 1.54) is 12.1 Å². The van der Waals surface area contributed by atoms with Gasteiger partial charge in [0.05, 0.1) is 43.0 Å². The summed E-state index contributed by atoms with van der Waals surface area (Å²) in [5, 5.41) is 10.2. The number of esters is 2. The molecule has 4 rings (SSSR count). The van der Waals surface area contributed by atoms with Crippen LogP contribution in [-0.4, -0.2) is 61.9 Å². The summed E-state index contributed by atoms with van der Waals surface area (Å²) in [4.78, 5) is 41.5. The van der Waals surface area contributed by atoms with Crippen LogP contribution in [0.1, 0.15) is 45.1 Å². The van der Waals surface area contributed by atoms with E-state index in [1.54, 1.807) is 56.0 Å². The zero-order valence-corrected chi connectivity index (χ0v) is 25.3. The van der Waals surface area contributed by atoms with E-state index in [9.17, 15) is 19.6 Å². The van der Waals surface area contributed by atoms with Crippen molar-refractivity contribution < 1.29 is 37.7 Å². The fourth-order valence-electron chi connectivity index (χ4n) is 5.17. The zero-order chi connectivity index (χ0) is 32.2. The minimum Gasteiger partial charge on any atom is -0.487 e. The van der Waals surface area contributed by atoms with Gasteiger partial charge in [0.1, 0.15) is 23.2 Å². The van der Waals surface area contributed by atoms with E-state index in [2.05, 4.69) is 6.07 Å². The smallest absolute Gasteiger partial charge is 0.410 e. The first-order valence-electron chi connectivity index (χ1n) is 14.0. The minimum absolute atomic E-state index is 0.0401. The molecule has 2 aromatic rings. The number of hydrogen-bond acceptors (Lipinski definition) is 10. The van der Waals surface area contributed by atoms with E-state index >= 15 is 4.39 Å². The first kappa shape index (κ1) is 31.9. The molecular weight excluding hydrogens is 571 g/mol. The lowest BCUT2D eigenvalue weighted by atomic mass is 9.81. The van der Waals surface area contributed by atoms with Gasteiger partial charge in [0.2, 0.25) is 0 Å². The first-order chi connectivity index (χ1) is 20.9. The summed E-state index contributed by atoms with van der Waals surface area (Å²) in [6.45, 7) is 6.16. The fourth-order valence-corrected chi connectivity index (χ4v) is 5.17. The van der Waals surface area contributed by atoms with Crippen molar-refractivity contribution in [2.45, 2.75) is 51.2 Å². The van der Waals surface area contributed by atoms with Gasteiger partial charge in [-0.25, -0.2) is 18.8 Å². The molecule has 0 bridgehead atoms. The van der Waals surface area contributed by atoms with Gasteiger partial charge < -0.3 is 29.6 Å². The number of amides is 1. The van der Waals surface area contributed by atoms with E-state index < -0.39 is 35.4 Å². The highest BCUT2D eigenvalue weighted by molar-refractivity contribution is 6.06. The lowest BCUT2D eigenvalue weighted by molar-refractivity contribution is -0.139. The fraction of sp³-hybridized carbons (Fsp3) is 0.375. The third-order valence-corrected chi connectivity index (χ3v) is 7.17. The number of piperidine rings is 1. The molecule has 0 saturated carbocycles. The highest BCUT2D eigenvalue weighted by atomic mass is 19.1. The Morgan fingerprint density at radius 1 is 1.00 bits per heavy atom. The largest absolute Gasteiger partial charge is 0.487 e. The molecule has 2 heterocycles. The number of nitrogens with zero attached hydrogens (tertiary/aromatic N) is 3. The average molecular weight is 607 g/mol. The van der Waals surface area contributed by atoms with Crippen LogP contribution in [0.25, 0.3) is 0 Å². The SMILES string of the molecule is COC(=O)C1=C(C(=O)OC)N(c2ccc(OC3CCN(C(=O)OC(C)(C)C)CC3)c(F)c2)C(N)=C(C#N)C1c1ccccc1. The topological polar surface area (TPSA) is 144 Å². The molecule has 1 unspecified atom stereocenters. The van der Waals surface area contributed by atoms with Crippen molar-refractivity contribution in [1.29, 1.82) is 5.26 Å². The van der Waals surface area contributed by atoms with Crippen LogP contribution in [0.2, 0.25) is 0 Å². The monoisotopic (exact) mass is 606 g/mol. The number of nitrogens with two attached hydrogens (primary N) is 1. The van der Waals surface area contributed by atoms with Crippen molar-refractivity contribution >= 4 is 23.7 Å². The molecule has 1 saturated heterocycles. The molecule has 2 aliphatic heterocycles. The molecule has 2 aliphatic rings.